The summed E-state index contributed by atoms with van der Waals surface area (Å²) in [5.41, 5.74) is 1.23. The smallest absolute Gasteiger partial charge is 0.129 e. The first-order valence-corrected chi connectivity index (χ1v) is 8.31. The molecule has 2 rings (SSSR count). The second-order valence-electron chi connectivity index (χ2n) is 5.82. The molecule has 132 valence electrons. The van der Waals surface area contributed by atoms with Crippen LogP contribution in [0.3, 0.4) is 0 Å². The van der Waals surface area contributed by atoms with Gasteiger partial charge in [0, 0.05) is 33.4 Å². The van der Waals surface area contributed by atoms with E-state index in [1.807, 2.05) is 30.3 Å². The number of aliphatic hydroxyl groups excluding tert-OH is 1. The third-order valence-corrected chi connectivity index (χ3v) is 3.68. The van der Waals surface area contributed by atoms with Crippen molar-refractivity contribution in [2.45, 2.75) is 25.7 Å². The molecule has 24 heavy (non-hydrogen) atoms. The van der Waals surface area contributed by atoms with Gasteiger partial charge in [-0.25, -0.2) is 0 Å². The Kier molecular flexibility index (Phi) is 8.55. The number of methoxy groups -OCH3 is 1. The molecule has 1 N–H and O–H groups in total. The van der Waals surface area contributed by atoms with Crippen molar-refractivity contribution in [1.82, 2.24) is 4.90 Å². The first kappa shape index (κ1) is 18.7. The SMILES string of the molecule is COCCCN(Cc1ccccc1)C[C@@H](O)COCc1ccco1. The maximum Gasteiger partial charge on any atom is 0.129 e. The second kappa shape index (κ2) is 11.0. The van der Waals surface area contributed by atoms with Gasteiger partial charge in [0.15, 0.2) is 0 Å². The number of aliphatic hydroxyl groups is 1. The molecule has 1 heterocycles. The average Bonchev–Trinajstić information content (AvgIpc) is 3.09. The van der Waals surface area contributed by atoms with Gasteiger partial charge in [-0.1, -0.05) is 30.3 Å². The van der Waals surface area contributed by atoms with Crippen molar-refractivity contribution in [3.05, 3.63) is 60.1 Å². The second-order valence-corrected chi connectivity index (χ2v) is 5.82. The third-order valence-electron chi connectivity index (χ3n) is 3.68. The molecule has 0 fully saturated rings. The minimum Gasteiger partial charge on any atom is -0.467 e. The summed E-state index contributed by atoms with van der Waals surface area (Å²) in [4.78, 5) is 2.23. The van der Waals surface area contributed by atoms with Crippen LogP contribution in [0.1, 0.15) is 17.7 Å². The first-order valence-electron chi connectivity index (χ1n) is 8.31. The Morgan fingerprint density at radius 2 is 2.00 bits per heavy atom. The third kappa shape index (κ3) is 7.27. The Labute approximate surface area is 143 Å². The molecule has 1 atom stereocenters. The molecule has 0 radical (unpaired) electrons. The average molecular weight is 333 g/mol. The summed E-state index contributed by atoms with van der Waals surface area (Å²) < 4.78 is 15.9. The monoisotopic (exact) mass is 333 g/mol. The van der Waals surface area contributed by atoms with Crippen LogP contribution in [0.2, 0.25) is 0 Å². The van der Waals surface area contributed by atoms with E-state index in [1.54, 1.807) is 13.4 Å². The minimum absolute atomic E-state index is 0.288. The molecular formula is C19H27NO4. The summed E-state index contributed by atoms with van der Waals surface area (Å²) in [6.07, 6.45) is 2.02. The summed E-state index contributed by atoms with van der Waals surface area (Å²) >= 11 is 0. The van der Waals surface area contributed by atoms with E-state index in [0.29, 0.717) is 13.2 Å². The summed E-state index contributed by atoms with van der Waals surface area (Å²) in [5.74, 6) is 0.767. The number of benzene rings is 1. The minimum atomic E-state index is -0.536. The summed E-state index contributed by atoms with van der Waals surface area (Å²) in [5, 5.41) is 10.3. The topological polar surface area (TPSA) is 55.1 Å². The Hall–Kier alpha value is -1.66. The number of nitrogens with zero attached hydrogens (tertiary/aromatic N) is 1. The molecule has 0 spiro atoms. The molecule has 0 aliphatic carbocycles. The van der Waals surface area contributed by atoms with Gasteiger partial charge in [-0.05, 0) is 24.1 Å². The van der Waals surface area contributed by atoms with Crippen molar-refractivity contribution in [3.8, 4) is 0 Å². The van der Waals surface area contributed by atoms with Crippen LogP contribution in [-0.2, 0) is 22.6 Å². The van der Waals surface area contributed by atoms with E-state index < -0.39 is 6.10 Å². The standard InChI is InChI=1S/C19H27NO4/c1-22-11-6-10-20(13-17-7-3-2-4-8-17)14-18(21)15-23-16-19-9-5-12-24-19/h2-5,7-9,12,18,21H,6,10-11,13-16H2,1H3/t18-/m1/s1. The molecule has 0 unspecified atom stereocenters. The fourth-order valence-electron chi connectivity index (χ4n) is 2.55. The van der Waals surface area contributed by atoms with Crippen molar-refractivity contribution in [1.29, 1.82) is 0 Å². The summed E-state index contributed by atoms with van der Waals surface area (Å²) in [6.45, 7) is 3.63. The summed E-state index contributed by atoms with van der Waals surface area (Å²) in [6, 6.07) is 14.0. The maximum absolute atomic E-state index is 10.3. The number of hydrogen-bond acceptors (Lipinski definition) is 5. The van der Waals surface area contributed by atoms with Crippen LogP contribution in [-0.4, -0.2) is 49.5 Å². The van der Waals surface area contributed by atoms with Gasteiger partial charge >= 0.3 is 0 Å². The zero-order chi connectivity index (χ0) is 17.0. The highest BCUT2D eigenvalue weighted by atomic mass is 16.5. The molecule has 0 bridgehead atoms. The molecule has 0 aliphatic rings. The van der Waals surface area contributed by atoms with Gasteiger partial charge in [0.1, 0.15) is 12.4 Å². The molecule has 2 aromatic rings. The number of ether oxygens (including phenoxy) is 2. The molecule has 0 saturated heterocycles. The van der Waals surface area contributed by atoms with Crippen molar-refractivity contribution in [2.24, 2.45) is 0 Å². The fourth-order valence-corrected chi connectivity index (χ4v) is 2.55. The quantitative estimate of drug-likeness (QED) is 0.605. The highest BCUT2D eigenvalue weighted by Gasteiger charge is 2.13. The van der Waals surface area contributed by atoms with Gasteiger partial charge in [0.2, 0.25) is 0 Å². The zero-order valence-corrected chi connectivity index (χ0v) is 14.3. The molecule has 5 heteroatoms. The van der Waals surface area contributed by atoms with Gasteiger partial charge in [-0.3, -0.25) is 4.90 Å². The van der Waals surface area contributed by atoms with Crippen LogP contribution in [0.25, 0.3) is 0 Å². The summed E-state index contributed by atoms with van der Waals surface area (Å²) in [7, 11) is 1.71. The number of rotatable bonds is 12. The Morgan fingerprint density at radius 1 is 1.17 bits per heavy atom. The molecule has 0 amide bonds. The van der Waals surface area contributed by atoms with Crippen LogP contribution < -0.4 is 0 Å². The lowest BCUT2D eigenvalue weighted by Gasteiger charge is -2.25. The normalized spacial score (nSPS) is 12.6. The first-order chi connectivity index (χ1) is 11.8. The maximum atomic E-state index is 10.3. The highest BCUT2D eigenvalue weighted by molar-refractivity contribution is 5.14. The Morgan fingerprint density at radius 3 is 2.71 bits per heavy atom. The van der Waals surface area contributed by atoms with E-state index in [9.17, 15) is 5.11 Å². The van der Waals surface area contributed by atoms with E-state index in [2.05, 4.69) is 17.0 Å². The van der Waals surface area contributed by atoms with Gasteiger partial charge in [-0.15, -0.1) is 0 Å². The molecule has 0 aliphatic heterocycles. The number of furan rings is 1. The zero-order valence-electron chi connectivity index (χ0n) is 14.3. The Balaban J connectivity index is 1.77. The van der Waals surface area contributed by atoms with Gasteiger partial charge < -0.3 is 19.0 Å². The van der Waals surface area contributed by atoms with Crippen LogP contribution >= 0.6 is 0 Å². The van der Waals surface area contributed by atoms with E-state index in [0.717, 1.165) is 31.9 Å². The van der Waals surface area contributed by atoms with E-state index in [4.69, 9.17) is 13.9 Å². The molecule has 1 aromatic carbocycles. The molecular weight excluding hydrogens is 306 g/mol. The van der Waals surface area contributed by atoms with Gasteiger partial charge in [0.25, 0.3) is 0 Å². The van der Waals surface area contributed by atoms with E-state index in [-0.39, 0.29) is 6.61 Å². The van der Waals surface area contributed by atoms with Crippen LogP contribution in [0.5, 0.6) is 0 Å². The molecule has 0 saturated carbocycles. The highest BCUT2D eigenvalue weighted by Crippen LogP contribution is 2.07. The van der Waals surface area contributed by atoms with Crippen LogP contribution in [0.15, 0.2) is 53.1 Å². The largest absolute Gasteiger partial charge is 0.467 e. The van der Waals surface area contributed by atoms with Crippen LogP contribution in [0.4, 0.5) is 0 Å². The van der Waals surface area contributed by atoms with Crippen molar-refractivity contribution >= 4 is 0 Å². The lowest BCUT2D eigenvalue weighted by Crippen LogP contribution is -2.35. The van der Waals surface area contributed by atoms with Crippen molar-refractivity contribution in [2.75, 3.05) is 33.4 Å². The van der Waals surface area contributed by atoms with Crippen molar-refractivity contribution in [3.63, 3.8) is 0 Å². The van der Waals surface area contributed by atoms with Gasteiger partial charge in [0.05, 0.1) is 19.0 Å². The van der Waals surface area contributed by atoms with Crippen LogP contribution in [0, 0.1) is 0 Å². The predicted molar refractivity (Wildman–Crippen MR) is 92.6 cm³/mol. The number of hydrogen-bond donors (Lipinski definition) is 1. The van der Waals surface area contributed by atoms with E-state index >= 15 is 0 Å². The fraction of sp³-hybridized carbons (Fsp3) is 0.474. The molecule has 5 nitrogen and oxygen atoms in total. The lowest BCUT2D eigenvalue weighted by molar-refractivity contribution is 0.00281. The Bertz CT molecular complexity index is 530. The van der Waals surface area contributed by atoms with Gasteiger partial charge in [-0.2, -0.15) is 0 Å². The molecule has 1 aromatic heterocycles. The predicted octanol–water partition coefficient (Wildman–Crippen LogP) is 2.70. The van der Waals surface area contributed by atoms with Crippen molar-refractivity contribution < 1.29 is 19.0 Å². The van der Waals surface area contributed by atoms with E-state index in [1.165, 1.54) is 5.56 Å². The lowest BCUT2D eigenvalue weighted by atomic mass is 10.2.